The first-order chi connectivity index (χ1) is 9.28. The number of aromatic nitrogens is 2. The Kier molecular flexibility index (Phi) is 3.25. The van der Waals surface area contributed by atoms with Crippen LogP contribution in [0.4, 0.5) is 0 Å². The zero-order valence-corrected chi connectivity index (χ0v) is 11.9. The van der Waals surface area contributed by atoms with E-state index in [0.717, 1.165) is 17.3 Å². The number of hydrogen-bond acceptors (Lipinski definition) is 3. The average molecular weight is 272 g/mol. The Morgan fingerprint density at radius 2 is 2.21 bits per heavy atom. The molecule has 0 spiro atoms. The summed E-state index contributed by atoms with van der Waals surface area (Å²) in [6.07, 6.45) is 4.07. The first-order valence-corrected chi connectivity index (χ1v) is 7.21. The van der Waals surface area contributed by atoms with E-state index in [1.807, 2.05) is 32.2 Å². The highest BCUT2D eigenvalue weighted by Gasteiger charge is 2.07. The van der Waals surface area contributed by atoms with Crippen molar-refractivity contribution in [2.24, 2.45) is 0 Å². The molecule has 0 bridgehead atoms. The first kappa shape index (κ1) is 12.2. The molecule has 1 aromatic carbocycles. The summed E-state index contributed by atoms with van der Waals surface area (Å²) < 4.78 is 7.90. The van der Waals surface area contributed by atoms with E-state index < -0.39 is 0 Å². The maximum atomic E-state index is 5.66. The fourth-order valence-electron chi connectivity index (χ4n) is 2.26. The summed E-state index contributed by atoms with van der Waals surface area (Å²) in [7, 11) is 0. The molecule has 2 heterocycles. The van der Waals surface area contributed by atoms with Gasteiger partial charge in [0.1, 0.15) is 5.75 Å². The number of nitrogens with zero attached hydrogens (tertiary/aromatic N) is 2. The van der Waals surface area contributed by atoms with Crippen molar-refractivity contribution in [2.45, 2.75) is 20.4 Å². The van der Waals surface area contributed by atoms with Crippen LogP contribution in [-0.4, -0.2) is 16.2 Å². The van der Waals surface area contributed by atoms with E-state index in [1.165, 1.54) is 15.8 Å². The monoisotopic (exact) mass is 272 g/mol. The Bertz CT molecular complexity index is 699. The lowest BCUT2D eigenvalue weighted by atomic mass is 10.2. The van der Waals surface area contributed by atoms with Gasteiger partial charge >= 0.3 is 0 Å². The highest BCUT2D eigenvalue weighted by Crippen LogP contribution is 2.27. The second-order valence-corrected chi connectivity index (χ2v) is 5.73. The Labute approximate surface area is 116 Å². The lowest BCUT2D eigenvalue weighted by molar-refractivity contribution is 0.344. The van der Waals surface area contributed by atoms with Gasteiger partial charge in [0.05, 0.1) is 23.7 Å². The van der Waals surface area contributed by atoms with Crippen molar-refractivity contribution < 1.29 is 4.74 Å². The van der Waals surface area contributed by atoms with Crippen molar-refractivity contribution in [1.29, 1.82) is 0 Å². The predicted molar refractivity (Wildman–Crippen MR) is 79.1 cm³/mol. The van der Waals surface area contributed by atoms with Crippen molar-refractivity contribution in [3.05, 3.63) is 46.5 Å². The van der Waals surface area contributed by atoms with E-state index in [2.05, 4.69) is 27.9 Å². The van der Waals surface area contributed by atoms with Gasteiger partial charge in [0, 0.05) is 22.7 Å². The van der Waals surface area contributed by atoms with Crippen molar-refractivity contribution in [3.8, 4) is 5.75 Å². The van der Waals surface area contributed by atoms with Crippen molar-refractivity contribution in [1.82, 2.24) is 9.55 Å². The molecule has 0 radical (unpaired) electrons. The first-order valence-electron chi connectivity index (χ1n) is 6.40. The lowest BCUT2D eigenvalue weighted by Crippen LogP contribution is -1.96. The standard InChI is InChI=1S/C15H16N2OS/c1-3-18-15-6-4-5-14-13(15)7-8-17(14)10-12-9-16-11(2)19-12/h4-9H,3,10H2,1-2H3. The summed E-state index contributed by atoms with van der Waals surface area (Å²) in [4.78, 5) is 5.58. The number of rotatable bonds is 4. The molecule has 0 saturated carbocycles. The molecule has 0 aliphatic rings. The molecule has 0 unspecified atom stereocenters. The zero-order valence-electron chi connectivity index (χ0n) is 11.1. The maximum Gasteiger partial charge on any atom is 0.128 e. The van der Waals surface area contributed by atoms with E-state index >= 15 is 0 Å². The van der Waals surface area contributed by atoms with Gasteiger partial charge in [-0.25, -0.2) is 4.98 Å². The minimum Gasteiger partial charge on any atom is -0.493 e. The van der Waals surface area contributed by atoms with Crippen molar-refractivity contribution >= 4 is 22.2 Å². The third kappa shape index (κ3) is 2.36. The Morgan fingerprint density at radius 1 is 1.32 bits per heavy atom. The van der Waals surface area contributed by atoms with Gasteiger partial charge < -0.3 is 9.30 Å². The number of benzene rings is 1. The van der Waals surface area contributed by atoms with Gasteiger partial charge in [-0.15, -0.1) is 11.3 Å². The van der Waals surface area contributed by atoms with Gasteiger partial charge in [0.25, 0.3) is 0 Å². The topological polar surface area (TPSA) is 27.1 Å². The van der Waals surface area contributed by atoms with Crippen LogP contribution >= 0.6 is 11.3 Å². The van der Waals surface area contributed by atoms with Gasteiger partial charge in [0.2, 0.25) is 0 Å². The molecule has 0 aliphatic carbocycles. The normalized spacial score (nSPS) is 11.1. The second-order valence-electron chi connectivity index (χ2n) is 4.41. The molecule has 3 aromatic rings. The van der Waals surface area contributed by atoms with Crippen LogP contribution in [0.1, 0.15) is 16.8 Å². The predicted octanol–water partition coefficient (Wildman–Crippen LogP) is 3.85. The summed E-state index contributed by atoms with van der Waals surface area (Å²) in [5, 5.41) is 2.28. The highest BCUT2D eigenvalue weighted by atomic mass is 32.1. The molecule has 98 valence electrons. The quantitative estimate of drug-likeness (QED) is 0.721. The molecular weight excluding hydrogens is 256 g/mol. The van der Waals surface area contributed by atoms with Gasteiger partial charge in [-0.1, -0.05) is 6.07 Å². The number of aryl methyl sites for hydroxylation is 1. The Balaban J connectivity index is 1.98. The summed E-state index contributed by atoms with van der Waals surface area (Å²) in [5.41, 5.74) is 1.21. The summed E-state index contributed by atoms with van der Waals surface area (Å²) in [6, 6.07) is 8.31. The van der Waals surface area contributed by atoms with Crippen LogP contribution < -0.4 is 4.74 Å². The molecule has 0 aliphatic heterocycles. The summed E-state index contributed by atoms with van der Waals surface area (Å²) >= 11 is 1.75. The molecule has 0 atom stereocenters. The maximum absolute atomic E-state index is 5.66. The summed E-state index contributed by atoms with van der Waals surface area (Å²) in [6.45, 7) is 5.61. The van der Waals surface area contributed by atoms with Gasteiger partial charge in [-0.3, -0.25) is 0 Å². The fraction of sp³-hybridized carbons (Fsp3) is 0.267. The number of thiazole rings is 1. The van der Waals surface area contributed by atoms with E-state index in [0.29, 0.717) is 6.61 Å². The highest BCUT2D eigenvalue weighted by molar-refractivity contribution is 7.11. The van der Waals surface area contributed by atoms with Gasteiger partial charge in [-0.2, -0.15) is 0 Å². The smallest absolute Gasteiger partial charge is 0.128 e. The van der Waals surface area contributed by atoms with Crippen LogP contribution in [0.3, 0.4) is 0 Å². The molecule has 0 fully saturated rings. The average Bonchev–Trinajstić information content (AvgIpc) is 2.99. The van der Waals surface area contributed by atoms with Gasteiger partial charge in [-0.05, 0) is 32.0 Å². The van der Waals surface area contributed by atoms with E-state index in [1.54, 1.807) is 11.3 Å². The molecule has 3 rings (SSSR count). The molecule has 3 nitrogen and oxygen atoms in total. The van der Waals surface area contributed by atoms with Crippen molar-refractivity contribution in [2.75, 3.05) is 6.61 Å². The molecule has 0 saturated heterocycles. The zero-order chi connectivity index (χ0) is 13.2. The molecular formula is C15H16N2OS. The molecule has 4 heteroatoms. The number of fused-ring (bicyclic) bond motifs is 1. The van der Waals surface area contributed by atoms with E-state index in [4.69, 9.17) is 4.74 Å². The Morgan fingerprint density at radius 3 is 2.95 bits per heavy atom. The lowest BCUT2D eigenvalue weighted by Gasteiger charge is -2.06. The van der Waals surface area contributed by atoms with Gasteiger partial charge in [0.15, 0.2) is 0 Å². The fourth-order valence-corrected chi connectivity index (χ4v) is 3.05. The third-order valence-electron chi connectivity index (χ3n) is 3.07. The van der Waals surface area contributed by atoms with Crippen LogP contribution in [-0.2, 0) is 6.54 Å². The van der Waals surface area contributed by atoms with Crippen LogP contribution in [0.25, 0.3) is 10.9 Å². The van der Waals surface area contributed by atoms with Crippen LogP contribution in [0.2, 0.25) is 0 Å². The molecule has 0 N–H and O–H groups in total. The largest absolute Gasteiger partial charge is 0.493 e. The SMILES string of the molecule is CCOc1cccc2c1ccn2Cc1cnc(C)s1. The number of ether oxygens (including phenoxy) is 1. The minimum atomic E-state index is 0.693. The summed E-state index contributed by atoms with van der Waals surface area (Å²) in [5.74, 6) is 0.958. The van der Waals surface area contributed by atoms with Crippen molar-refractivity contribution in [3.63, 3.8) is 0 Å². The molecule has 19 heavy (non-hydrogen) atoms. The second kappa shape index (κ2) is 5.05. The van der Waals surface area contributed by atoms with Crippen LogP contribution in [0.15, 0.2) is 36.7 Å². The van der Waals surface area contributed by atoms with Crippen LogP contribution in [0, 0.1) is 6.92 Å². The minimum absolute atomic E-state index is 0.693. The van der Waals surface area contributed by atoms with E-state index in [9.17, 15) is 0 Å². The van der Waals surface area contributed by atoms with E-state index in [-0.39, 0.29) is 0 Å². The molecule has 2 aromatic heterocycles. The van der Waals surface area contributed by atoms with Crippen LogP contribution in [0.5, 0.6) is 5.75 Å². The molecule has 0 amide bonds. The number of hydrogen-bond donors (Lipinski definition) is 0. The Hall–Kier alpha value is -1.81. The third-order valence-corrected chi connectivity index (χ3v) is 3.97.